The van der Waals surface area contributed by atoms with E-state index in [9.17, 15) is 9.90 Å². The number of aliphatic hydroxyl groups excluding tert-OH is 1. The number of ether oxygens (including phenoxy) is 3. The molecular formula is C20H16O5. The van der Waals surface area contributed by atoms with Gasteiger partial charge in [0.05, 0.1) is 5.39 Å². The molecule has 2 heterocycles. The number of carbonyl (C=O) groups excluding carboxylic acids is 1. The highest BCUT2D eigenvalue weighted by molar-refractivity contribution is 6.05. The van der Waals surface area contributed by atoms with E-state index in [1.165, 1.54) is 6.08 Å². The Balaban J connectivity index is 1.61. The van der Waals surface area contributed by atoms with Crippen LogP contribution in [0.3, 0.4) is 0 Å². The molecule has 1 saturated carbocycles. The molecule has 2 aliphatic heterocycles. The Kier molecular flexibility index (Phi) is 2.19. The number of epoxide rings is 1. The molecule has 1 spiro atoms. The number of Topliss-reactive ketones (excluding diaryl/α,β-unsaturated/α-hetero) is 1. The smallest absolute Gasteiger partial charge is 0.307 e. The average molecular weight is 336 g/mol. The number of benzene rings is 2. The van der Waals surface area contributed by atoms with E-state index in [0.29, 0.717) is 24.3 Å². The van der Waals surface area contributed by atoms with Gasteiger partial charge in [-0.2, -0.15) is 0 Å². The zero-order valence-electron chi connectivity index (χ0n) is 13.5. The van der Waals surface area contributed by atoms with Crippen molar-refractivity contribution in [1.82, 2.24) is 0 Å². The second-order valence-electron chi connectivity index (χ2n) is 7.30. The molecule has 2 atom stereocenters. The Morgan fingerprint density at radius 1 is 0.960 bits per heavy atom. The summed E-state index contributed by atoms with van der Waals surface area (Å²) in [6, 6.07) is 11.6. The lowest BCUT2D eigenvalue weighted by Crippen LogP contribution is -2.63. The minimum absolute atomic E-state index is 0.332. The largest absolute Gasteiger partial charge is 0.504 e. The highest BCUT2D eigenvalue weighted by atomic mass is 16.8. The van der Waals surface area contributed by atoms with Crippen LogP contribution in [0.1, 0.15) is 25.7 Å². The van der Waals surface area contributed by atoms with E-state index in [2.05, 4.69) is 0 Å². The number of hydrogen-bond donors (Lipinski definition) is 1. The van der Waals surface area contributed by atoms with E-state index in [0.717, 1.165) is 23.6 Å². The van der Waals surface area contributed by atoms with Crippen LogP contribution in [-0.4, -0.2) is 27.9 Å². The van der Waals surface area contributed by atoms with Crippen LogP contribution < -0.4 is 9.47 Å². The van der Waals surface area contributed by atoms with Crippen molar-refractivity contribution in [1.29, 1.82) is 0 Å². The normalized spacial score (nSPS) is 33.8. The molecule has 4 aliphatic rings. The topological polar surface area (TPSA) is 68.3 Å². The lowest BCUT2D eigenvalue weighted by atomic mass is 9.69. The van der Waals surface area contributed by atoms with Crippen LogP contribution in [0.25, 0.3) is 10.8 Å². The van der Waals surface area contributed by atoms with Crippen LogP contribution in [0.4, 0.5) is 0 Å². The summed E-state index contributed by atoms with van der Waals surface area (Å²) in [5.74, 6) is -0.624. The third-order valence-electron chi connectivity index (χ3n) is 6.11. The number of ketones is 1. The Hall–Kier alpha value is -2.53. The van der Waals surface area contributed by atoms with Crippen molar-refractivity contribution in [2.45, 2.75) is 42.7 Å². The van der Waals surface area contributed by atoms with Crippen LogP contribution in [0, 0.1) is 0 Å². The third kappa shape index (κ3) is 1.36. The van der Waals surface area contributed by atoms with Gasteiger partial charge >= 0.3 is 5.79 Å². The van der Waals surface area contributed by atoms with Crippen molar-refractivity contribution in [3.05, 3.63) is 48.2 Å². The Bertz CT molecular complexity index is 952. The van der Waals surface area contributed by atoms with Crippen molar-refractivity contribution < 1.29 is 24.1 Å². The van der Waals surface area contributed by atoms with Gasteiger partial charge in [-0.25, -0.2) is 0 Å². The quantitative estimate of drug-likeness (QED) is 0.747. The summed E-state index contributed by atoms with van der Waals surface area (Å²) < 4.78 is 18.7. The molecule has 2 aromatic carbocycles. The number of hydrogen-bond acceptors (Lipinski definition) is 5. The molecule has 2 aliphatic carbocycles. The van der Waals surface area contributed by atoms with Crippen molar-refractivity contribution in [2.75, 3.05) is 0 Å². The van der Waals surface area contributed by atoms with E-state index in [-0.39, 0.29) is 11.5 Å². The second-order valence-corrected chi connectivity index (χ2v) is 7.30. The summed E-state index contributed by atoms with van der Waals surface area (Å²) in [7, 11) is 0. The molecule has 0 aromatic heterocycles. The van der Waals surface area contributed by atoms with Crippen LogP contribution in [-0.2, 0) is 9.53 Å². The van der Waals surface area contributed by atoms with E-state index in [1.54, 1.807) is 0 Å². The van der Waals surface area contributed by atoms with Gasteiger partial charge in [0.2, 0.25) is 5.78 Å². The molecule has 2 fully saturated rings. The van der Waals surface area contributed by atoms with Crippen LogP contribution in [0.15, 0.2) is 48.2 Å². The summed E-state index contributed by atoms with van der Waals surface area (Å²) in [5, 5.41) is 12.3. The van der Waals surface area contributed by atoms with E-state index in [1.807, 2.05) is 36.4 Å². The first-order chi connectivity index (χ1) is 12.1. The first kappa shape index (κ1) is 13.7. The Labute approximate surface area is 143 Å². The fraction of sp³-hybridized carbons (Fsp3) is 0.350. The summed E-state index contributed by atoms with van der Waals surface area (Å²) in [4.78, 5) is 12.6. The van der Waals surface area contributed by atoms with Gasteiger partial charge in [0.15, 0.2) is 17.0 Å². The van der Waals surface area contributed by atoms with Gasteiger partial charge in [0, 0.05) is 6.08 Å². The molecule has 1 N–H and O–H groups in total. The molecular weight excluding hydrogens is 320 g/mol. The van der Waals surface area contributed by atoms with Crippen LogP contribution >= 0.6 is 0 Å². The van der Waals surface area contributed by atoms with Gasteiger partial charge in [0.25, 0.3) is 0 Å². The maximum Gasteiger partial charge on any atom is 0.307 e. The van der Waals surface area contributed by atoms with E-state index in [4.69, 9.17) is 14.2 Å². The van der Waals surface area contributed by atoms with Gasteiger partial charge in [-0.3, -0.25) is 4.79 Å². The van der Waals surface area contributed by atoms with Gasteiger partial charge in [-0.15, -0.1) is 0 Å². The SMILES string of the molecule is O=C1C(O)=CC2(Oc3cccc4cccc(c34)O2)C23CCCCC12O3. The maximum absolute atomic E-state index is 12.6. The molecule has 6 rings (SSSR count). The minimum Gasteiger partial charge on any atom is -0.504 e. The molecule has 0 bridgehead atoms. The molecule has 126 valence electrons. The first-order valence-corrected chi connectivity index (χ1v) is 8.67. The molecule has 25 heavy (non-hydrogen) atoms. The predicted octanol–water partition coefficient (Wildman–Crippen LogP) is 3.41. The van der Waals surface area contributed by atoms with Crippen LogP contribution in [0.5, 0.6) is 11.5 Å². The zero-order valence-corrected chi connectivity index (χ0v) is 13.5. The Morgan fingerprint density at radius 3 is 2.36 bits per heavy atom. The fourth-order valence-corrected chi connectivity index (χ4v) is 4.98. The summed E-state index contributed by atoms with van der Waals surface area (Å²) in [5.41, 5.74) is -1.87. The maximum atomic E-state index is 12.6. The average Bonchev–Trinajstić information content (AvgIpc) is 3.34. The summed E-state index contributed by atoms with van der Waals surface area (Å²) in [6.07, 6.45) is 4.48. The van der Waals surface area contributed by atoms with Gasteiger partial charge in [-0.05, 0) is 43.2 Å². The zero-order chi connectivity index (χ0) is 16.9. The molecule has 1 saturated heterocycles. The standard InChI is InChI=1S/C20H16O5/c21-13-11-20(19-10-2-1-9-18(19,25-19)17(13)22)23-14-7-3-5-12-6-4-8-15(24-20)16(12)14/h3-8,11,21H,1-2,9-10H2. The fourth-order valence-electron chi connectivity index (χ4n) is 4.98. The predicted molar refractivity (Wildman–Crippen MR) is 88.7 cm³/mol. The summed E-state index contributed by atoms with van der Waals surface area (Å²) in [6.45, 7) is 0. The highest BCUT2D eigenvalue weighted by Gasteiger charge is 2.87. The molecule has 2 unspecified atom stereocenters. The van der Waals surface area contributed by atoms with Crippen molar-refractivity contribution in [2.24, 2.45) is 0 Å². The molecule has 0 radical (unpaired) electrons. The lowest BCUT2D eigenvalue weighted by molar-refractivity contribution is -0.146. The minimum atomic E-state index is -1.31. The number of rotatable bonds is 0. The molecule has 2 aromatic rings. The van der Waals surface area contributed by atoms with Gasteiger partial charge in [-0.1, -0.05) is 24.3 Å². The van der Waals surface area contributed by atoms with Gasteiger partial charge in [0.1, 0.15) is 11.5 Å². The Morgan fingerprint density at radius 2 is 1.64 bits per heavy atom. The van der Waals surface area contributed by atoms with Crippen molar-refractivity contribution in [3.63, 3.8) is 0 Å². The van der Waals surface area contributed by atoms with Crippen molar-refractivity contribution in [3.8, 4) is 11.5 Å². The summed E-state index contributed by atoms with van der Waals surface area (Å²) >= 11 is 0. The van der Waals surface area contributed by atoms with Gasteiger partial charge < -0.3 is 19.3 Å². The monoisotopic (exact) mass is 336 g/mol. The van der Waals surface area contributed by atoms with E-state index < -0.39 is 17.0 Å². The van der Waals surface area contributed by atoms with Crippen LogP contribution in [0.2, 0.25) is 0 Å². The first-order valence-electron chi connectivity index (χ1n) is 8.67. The molecule has 5 nitrogen and oxygen atoms in total. The number of carbonyl (C=O) groups is 1. The molecule has 0 amide bonds. The highest BCUT2D eigenvalue weighted by Crippen LogP contribution is 2.68. The van der Waals surface area contributed by atoms with E-state index >= 15 is 0 Å². The second kappa shape index (κ2) is 3.99. The molecule has 5 heteroatoms. The van der Waals surface area contributed by atoms with Crippen molar-refractivity contribution >= 4 is 16.6 Å². The lowest BCUT2D eigenvalue weighted by Gasteiger charge is -2.44. The third-order valence-corrected chi connectivity index (χ3v) is 6.11. The number of aliphatic hydroxyl groups is 1.